The first-order valence-electron chi connectivity index (χ1n) is 53.1. The van der Waals surface area contributed by atoms with Crippen LogP contribution < -0.4 is 0 Å². The first-order valence-corrected chi connectivity index (χ1v) is 53.1. The summed E-state index contributed by atoms with van der Waals surface area (Å²) in [5.41, 5.74) is 41.3. The molecule has 0 amide bonds. The van der Waals surface area contributed by atoms with Crippen LogP contribution in [0, 0.1) is 35.5 Å². The lowest BCUT2D eigenvalue weighted by Crippen LogP contribution is -2.28. The van der Waals surface area contributed by atoms with E-state index in [1.54, 1.807) is 0 Å². The minimum atomic E-state index is -0.293. The van der Waals surface area contributed by atoms with Crippen molar-refractivity contribution in [2.45, 2.75) is 345 Å². The van der Waals surface area contributed by atoms with Gasteiger partial charge in [-0.15, -0.1) is 0 Å². The third-order valence-electron chi connectivity index (χ3n) is 26.6. The molecule has 4 nitrogen and oxygen atoms in total. The Labute approximate surface area is 911 Å². The van der Waals surface area contributed by atoms with E-state index in [1.165, 1.54) is 145 Å². The summed E-state index contributed by atoms with van der Waals surface area (Å²) in [6, 6.07) is 124. The molecule has 16 aromatic rings. The Bertz CT molecular complexity index is 6220. The van der Waals surface area contributed by atoms with E-state index in [0.29, 0.717) is 71.0 Å². The zero-order valence-corrected chi connectivity index (χ0v) is 90.9. The van der Waals surface area contributed by atoms with Crippen LogP contribution in [0.2, 0.25) is 0 Å². The van der Waals surface area contributed by atoms with E-state index >= 15 is 0 Å². The summed E-state index contributed by atoms with van der Waals surface area (Å²) in [6.07, 6.45) is 6.64. The van der Waals surface area contributed by atoms with E-state index in [4.69, 9.17) is 19.9 Å². The van der Waals surface area contributed by atoms with Crippen LogP contribution >= 0.6 is 0 Å². The third kappa shape index (κ3) is 36.6. The van der Waals surface area contributed by atoms with Gasteiger partial charge in [-0.25, -0.2) is 19.9 Å². The molecule has 0 unspecified atom stereocenters. The molecule has 0 bridgehead atoms. The van der Waals surface area contributed by atoms with Crippen molar-refractivity contribution < 1.29 is 0 Å². The van der Waals surface area contributed by atoms with Gasteiger partial charge in [-0.2, -0.15) is 0 Å². The van der Waals surface area contributed by atoms with E-state index in [2.05, 4.69) is 485 Å². The van der Waals surface area contributed by atoms with Crippen LogP contribution in [0.25, 0.3) is 77.7 Å². The van der Waals surface area contributed by atoms with Gasteiger partial charge in [0, 0.05) is 0 Å². The number of para-hydroxylation sites is 4. The fraction of sp³-hybridized carbons (Fsp3) is 0.393. The van der Waals surface area contributed by atoms with Crippen LogP contribution in [0.15, 0.2) is 340 Å². The molecule has 14 aromatic carbocycles. The highest BCUT2D eigenvalue weighted by Crippen LogP contribution is 2.56. The van der Waals surface area contributed by atoms with Gasteiger partial charge in [-0.05, 0) is 279 Å². The molecule has 0 saturated carbocycles. The van der Waals surface area contributed by atoms with E-state index in [1.807, 2.05) is 48.5 Å². The zero-order valence-electron chi connectivity index (χ0n) is 90.9. The SMILES string of the molecule is C.C.C.C.C.C.C.C.CC(C)Cc1ccc(-c2ccc(CC(C)C)cc2)cc1.CC(C)Cc1cccc(-c2ccccc2CC(C)C)c1.CC(C)Cc1nc2ccccc2nc1CC(C)C.CC(C)c1ccc(-c2ccc(C(C)C)cc2)cc1.CC(C)c1ccc(C2(c3ccc(C(C)C)cc3)c3ccccc3-c3ccccc32)cc1.CC(C)c1cccc(-c2ccccc2C(C)C)c1.CC(C)c1nc2ccccc2nc1C(C)C. The zero-order chi connectivity index (χ0) is 102. The molecule has 1 aliphatic rings. The quantitative estimate of drug-likeness (QED) is 0.0542. The molecule has 0 radical (unpaired) electrons. The van der Waals surface area contributed by atoms with Crippen molar-refractivity contribution in [3.05, 3.63) is 440 Å². The van der Waals surface area contributed by atoms with Gasteiger partial charge in [0.05, 0.1) is 50.3 Å². The average Bonchev–Trinajstić information content (AvgIpc) is 1.54. The largest absolute Gasteiger partial charge is 0.249 e. The van der Waals surface area contributed by atoms with Crippen molar-refractivity contribution in [2.75, 3.05) is 0 Å². The van der Waals surface area contributed by atoms with Crippen molar-refractivity contribution in [3.63, 3.8) is 0 Å². The molecule has 17 rings (SSSR count). The van der Waals surface area contributed by atoms with Crippen LogP contribution in [-0.4, -0.2) is 19.9 Å². The first kappa shape index (κ1) is 131. The summed E-state index contributed by atoms with van der Waals surface area (Å²) in [4.78, 5) is 19.1. The molecule has 798 valence electrons. The van der Waals surface area contributed by atoms with Crippen LogP contribution in [0.1, 0.15) is 401 Å². The number of aromatic nitrogens is 4. The van der Waals surface area contributed by atoms with Gasteiger partial charge in [0.1, 0.15) is 0 Å². The third-order valence-corrected chi connectivity index (χ3v) is 26.6. The maximum atomic E-state index is 4.81. The lowest BCUT2D eigenvalue weighted by atomic mass is 9.67. The van der Waals surface area contributed by atoms with Gasteiger partial charge < -0.3 is 0 Å². The second-order valence-corrected chi connectivity index (χ2v) is 44.2. The maximum absolute atomic E-state index is 4.81. The summed E-state index contributed by atoms with van der Waals surface area (Å²) < 4.78 is 0. The molecule has 0 saturated heterocycles. The Balaban J connectivity index is 0.000000447. The normalized spacial score (nSPS) is 11.3. The van der Waals surface area contributed by atoms with Gasteiger partial charge in [0.15, 0.2) is 0 Å². The molecule has 1 aliphatic carbocycles. The van der Waals surface area contributed by atoms with E-state index < -0.39 is 0 Å². The Morgan fingerprint density at radius 1 is 0.188 bits per heavy atom. The minimum absolute atomic E-state index is 0. The Morgan fingerprint density at radius 3 is 0.805 bits per heavy atom. The fourth-order valence-electron chi connectivity index (χ4n) is 19.1. The molecule has 4 heteroatoms. The Morgan fingerprint density at radius 2 is 0.470 bits per heavy atom. The summed E-state index contributed by atoms with van der Waals surface area (Å²) in [7, 11) is 0. The fourth-order valence-corrected chi connectivity index (χ4v) is 19.1. The molecular weight excluding hydrogens is 1800 g/mol. The molecular formula is C145H198N4. The molecule has 0 fully saturated rings. The standard InChI is InChI=1S/C31H30.2C20H26.2C18H22.C16H22N2.C14H18N2.8CH4/c1-21(2)23-13-17-25(18-14-23)31(26-19-15-24(16-20-26)22(3)4)29-11-7-5-9-27(29)28-10-6-8-12-30(28)31;1-15(2)13-17-5-9-19(10-6-17)20-11-7-18(8-12-20)14-16(3)4;1-15(2)12-17-8-7-10-19(14-17)20-11-6-5-9-18(20)13-16(3)4;1-13(2)15-5-9-17(10-6-15)18-11-7-16(8-12-18)14(3)4;1-13(2)15-8-7-9-16(12-15)18-11-6-5-10-17(18)14(3)4;1-11(2)9-15-16(10-12(3)4)18-14-8-6-5-7-13(14)17-15;1-9(2)13-14(10(3)4)16-12-8-6-5-7-11(12)15-13;;;;;;;;/h5-22H,1-4H3;5-12,15-16H,13-14H2,1-4H3;5-11,14-16H,12-13H2,1-4H3;2*5-14H,1-4H3;5-8,11-12H,9-10H2,1-4H3;5-10H,1-4H3;8*1H4. The number of benzene rings is 14. The topological polar surface area (TPSA) is 51.6 Å². The number of hydrogen-bond donors (Lipinski definition) is 0. The van der Waals surface area contributed by atoms with Gasteiger partial charge in [-0.1, -0.05) is 569 Å². The summed E-state index contributed by atoms with van der Waals surface area (Å²) in [5, 5.41) is 0. The van der Waals surface area contributed by atoms with E-state index in [0.717, 1.165) is 83.8 Å². The van der Waals surface area contributed by atoms with Crippen LogP contribution in [0.4, 0.5) is 0 Å². The van der Waals surface area contributed by atoms with Crippen molar-refractivity contribution >= 4 is 22.1 Å². The molecule has 0 aliphatic heterocycles. The lowest BCUT2D eigenvalue weighted by molar-refractivity contribution is 0.597. The monoisotopic (exact) mass is 2000 g/mol. The van der Waals surface area contributed by atoms with Gasteiger partial charge in [0.2, 0.25) is 0 Å². The number of nitrogens with zero attached hydrogens (tertiary/aromatic N) is 4. The number of fused-ring (bicyclic) bond motifs is 5. The highest BCUT2D eigenvalue weighted by Gasteiger charge is 2.46. The first-order chi connectivity index (χ1) is 67.4. The minimum Gasteiger partial charge on any atom is -0.249 e. The van der Waals surface area contributed by atoms with Gasteiger partial charge >= 0.3 is 0 Å². The van der Waals surface area contributed by atoms with Gasteiger partial charge in [-0.3, -0.25) is 0 Å². The smallest absolute Gasteiger partial charge is 0.0890 e. The predicted molar refractivity (Wildman–Crippen MR) is 668 cm³/mol. The second-order valence-electron chi connectivity index (χ2n) is 44.2. The summed E-state index contributed by atoms with van der Waals surface area (Å²) >= 11 is 0. The van der Waals surface area contributed by atoms with Crippen molar-refractivity contribution in [2.24, 2.45) is 35.5 Å². The number of rotatable bonds is 26. The van der Waals surface area contributed by atoms with Crippen LogP contribution in [-0.2, 0) is 43.9 Å². The second kappa shape index (κ2) is 63.0. The van der Waals surface area contributed by atoms with Crippen LogP contribution in [0.5, 0.6) is 0 Å². The van der Waals surface area contributed by atoms with Gasteiger partial charge in [0.25, 0.3) is 0 Å². The molecule has 0 spiro atoms. The van der Waals surface area contributed by atoms with E-state index in [-0.39, 0.29) is 64.8 Å². The maximum Gasteiger partial charge on any atom is 0.0890 e. The summed E-state index contributed by atoms with van der Waals surface area (Å²) in [5.74, 6) is 8.31. The molecule has 0 atom stereocenters. The molecule has 0 N–H and O–H groups in total. The highest BCUT2D eigenvalue weighted by atomic mass is 14.8. The van der Waals surface area contributed by atoms with Crippen molar-refractivity contribution in [1.29, 1.82) is 0 Å². The van der Waals surface area contributed by atoms with Crippen molar-refractivity contribution in [3.8, 4) is 55.6 Å². The Kier molecular flexibility index (Phi) is 55.4. The molecule has 2 heterocycles. The average molecular weight is 2000 g/mol. The predicted octanol–water partition coefficient (Wildman–Crippen LogP) is 44.0. The summed E-state index contributed by atoms with van der Waals surface area (Å²) in [6.45, 7) is 62.7. The van der Waals surface area contributed by atoms with E-state index in [9.17, 15) is 0 Å². The highest BCUT2D eigenvalue weighted by molar-refractivity contribution is 5.86. The number of hydrogen-bond acceptors (Lipinski definition) is 4. The lowest BCUT2D eigenvalue weighted by Gasteiger charge is -2.34. The molecule has 149 heavy (non-hydrogen) atoms. The van der Waals surface area contributed by atoms with Crippen molar-refractivity contribution in [1.82, 2.24) is 19.9 Å². The molecule has 2 aromatic heterocycles. The van der Waals surface area contributed by atoms with Crippen LogP contribution in [0.3, 0.4) is 0 Å². The Hall–Kier alpha value is -12.2.